The van der Waals surface area contributed by atoms with E-state index in [2.05, 4.69) is 40.2 Å². The molecule has 18 heavy (non-hydrogen) atoms. The molecule has 0 radical (unpaired) electrons. The van der Waals surface area contributed by atoms with Crippen LogP contribution in [0.15, 0.2) is 11.4 Å². The number of nitrogens with zero attached hydrogens (tertiary/aromatic N) is 3. The highest BCUT2D eigenvalue weighted by Crippen LogP contribution is 2.36. The van der Waals surface area contributed by atoms with E-state index in [1.54, 1.807) is 11.3 Å². The first kappa shape index (κ1) is 11.7. The van der Waals surface area contributed by atoms with Gasteiger partial charge in [0, 0.05) is 13.1 Å². The van der Waals surface area contributed by atoms with E-state index in [9.17, 15) is 0 Å². The molecule has 0 saturated carbocycles. The highest BCUT2D eigenvalue weighted by atomic mass is 32.1. The minimum Gasteiger partial charge on any atom is -0.355 e. The molecule has 0 spiro atoms. The lowest BCUT2D eigenvalue weighted by Gasteiger charge is -2.21. The van der Waals surface area contributed by atoms with Crippen molar-refractivity contribution < 1.29 is 0 Å². The molecule has 1 fully saturated rings. The van der Waals surface area contributed by atoms with Gasteiger partial charge in [0.1, 0.15) is 10.6 Å². The molecular weight excluding hydrogens is 246 g/mol. The smallest absolute Gasteiger partial charge is 0.240 e. The van der Waals surface area contributed by atoms with E-state index in [1.807, 2.05) is 5.38 Å². The first-order chi connectivity index (χ1) is 8.59. The van der Waals surface area contributed by atoms with Crippen LogP contribution in [0.3, 0.4) is 0 Å². The zero-order valence-electron chi connectivity index (χ0n) is 10.6. The predicted molar refractivity (Wildman–Crippen MR) is 75.8 cm³/mol. The van der Waals surface area contributed by atoms with Crippen LogP contribution in [0.2, 0.25) is 0 Å². The number of nitrogen functional groups attached to an aromatic ring is 1. The normalized spacial score (nSPS) is 18.5. The molecule has 1 aliphatic rings. The third-order valence-electron chi connectivity index (χ3n) is 3.41. The Kier molecular flexibility index (Phi) is 2.64. The topological polar surface area (TPSA) is 67.1 Å². The van der Waals surface area contributed by atoms with Gasteiger partial charge in [0.15, 0.2) is 0 Å². The number of hydrazine groups is 1. The molecule has 1 aliphatic heterocycles. The molecule has 0 amide bonds. The van der Waals surface area contributed by atoms with E-state index < -0.39 is 0 Å². The van der Waals surface area contributed by atoms with Crippen molar-refractivity contribution in [2.24, 2.45) is 11.3 Å². The minimum absolute atomic E-state index is 0.351. The van der Waals surface area contributed by atoms with Crippen LogP contribution in [0.5, 0.6) is 0 Å². The Labute approximate surface area is 110 Å². The van der Waals surface area contributed by atoms with Crippen LogP contribution in [0.1, 0.15) is 20.3 Å². The van der Waals surface area contributed by atoms with Crippen molar-refractivity contribution in [3.63, 3.8) is 0 Å². The quantitative estimate of drug-likeness (QED) is 0.642. The van der Waals surface area contributed by atoms with Gasteiger partial charge in [0.2, 0.25) is 5.95 Å². The average molecular weight is 263 g/mol. The molecule has 0 aromatic carbocycles. The molecule has 0 bridgehead atoms. The maximum absolute atomic E-state index is 5.44. The Balaban J connectivity index is 2.07. The third-order valence-corrected chi connectivity index (χ3v) is 4.22. The minimum atomic E-state index is 0.351. The van der Waals surface area contributed by atoms with Gasteiger partial charge in [-0.25, -0.2) is 10.8 Å². The van der Waals surface area contributed by atoms with E-state index in [1.165, 1.54) is 6.42 Å². The Morgan fingerprint density at radius 2 is 2.28 bits per heavy atom. The Morgan fingerprint density at radius 3 is 2.94 bits per heavy atom. The van der Waals surface area contributed by atoms with Crippen LogP contribution >= 0.6 is 11.3 Å². The predicted octanol–water partition coefficient (Wildman–Crippen LogP) is 2.21. The van der Waals surface area contributed by atoms with Crippen LogP contribution in [-0.2, 0) is 0 Å². The van der Waals surface area contributed by atoms with Crippen molar-refractivity contribution in [3.05, 3.63) is 11.4 Å². The summed E-state index contributed by atoms with van der Waals surface area (Å²) in [6.45, 7) is 6.65. The summed E-state index contributed by atoms with van der Waals surface area (Å²) in [7, 11) is 0. The molecule has 2 aromatic heterocycles. The fraction of sp³-hybridized carbons (Fsp3) is 0.500. The molecule has 96 valence electrons. The molecule has 0 unspecified atom stereocenters. The van der Waals surface area contributed by atoms with Crippen LogP contribution < -0.4 is 16.2 Å². The summed E-state index contributed by atoms with van der Waals surface area (Å²) < 4.78 is 0. The first-order valence-electron chi connectivity index (χ1n) is 6.06. The van der Waals surface area contributed by atoms with Gasteiger partial charge < -0.3 is 4.90 Å². The van der Waals surface area contributed by atoms with Crippen molar-refractivity contribution >= 4 is 33.3 Å². The molecule has 6 heteroatoms. The highest BCUT2D eigenvalue weighted by Gasteiger charge is 2.31. The summed E-state index contributed by atoms with van der Waals surface area (Å²) in [6, 6.07) is 2.08. The summed E-state index contributed by atoms with van der Waals surface area (Å²) >= 11 is 1.62. The van der Waals surface area contributed by atoms with Crippen molar-refractivity contribution in [1.82, 2.24) is 9.97 Å². The number of rotatable bonds is 2. The number of nitrogens with two attached hydrogens (primary N) is 1. The van der Waals surface area contributed by atoms with Crippen molar-refractivity contribution in [1.29, 1.82) is 0 Å². The molecule has 0 atom stereocenters. The Morgan fingerprint density at radius 1 is 1.44 bits per heavy atom. The zero-order chi connectivity index (χ0) is 12.8. The first-order valence-corrected chi connectivity index (χ1v) is 6.94. The second-order valence-corrected chi connectivity index (χ2v) is 6.38. The number of thiophene rings is 1. The van der Waals surface area contributed by atoms with E-state index in [4.69, 9.17) is 5.84 Å². The lowest BCUT2D eigenvalue weighted by molar-refractivity contribution is 0.418. The summed E-state index contributed by atoms with van der Waals surface area (Å²) in [5.41, 5.74) is 2.90. The molecular formula is C12H17N5S. The second kappa shape index (κ2) is 4.07. The van der Waals surface area contributed by atoms with Crippen LogP contribution in [0, 0.1) is 5.41 Å². The van der Waals surface area contributed by atoms with Gasteiger partial charge in [-0.05, 0) is 23.3 Å². The monoisotopic (exact) mass is 263 g/mol. The number of aromatic nitrogens is 2. The van der Waals surface area contributed by atoms with Gasteiger partial charge in [-0.1, -0.05) is 13.8 Å². The summed E-state index contributed by atoms with van der Waals surface area (Å²) in [5.74, 6) is 6.93. The molecule has 3 rings (SSSR count). The summed E-state index contributed by atoms with van der Waals surface area (Å²) in [4.78, 5) is 12.2. The van der Waals surface area contributed by atoms with Crippen LogP contribution in [-0.4, -0.2) is 23.1 Å². The van der Waals surface area contributed by atoms with Gasteiger partial charge in [-0.3, -0.25) is 5.43 Å². The highest BCUT2D eigenvalue weighted by molar-refractivity contribution is 7.16. The van der Waals surface area contributed by atoms with Crippen molar-refractivity contribution in [2.75, 3.05) is 23.4 Å². The lowest BCUT2D eigenvalue weighted by atomic mass is 9.93. The standard InChI is InChI=1S/C12H17N5S/c1-12(2)4-5-17(7-12)9-8-3-6-18-10(8)15-11(14-9)16-13/h3,6H,4-5,7,13H2,1-2H3,(H,14,15,16). The maximum atomic E-state index is 5.44. The number of anilines is 2. The maximum Gasteiger partial charge on any atom is 0.240 e. The summed E-state index contributed by atoms with van der Waals surface area (Å²) in [6.07, 6.45) is 1.19. The average Bonchev–Trinajstić information content (AvgIpc) is 2.93. The number of hydrogen-bond donors (Lipinski definition) is 2. The van der Waals surface area contributed by atoms with Crippen molar-refractivity contribution in [3.8, 4) is 0 Å². The molecule has 0 aliphatic carbocycles. The van der Waals surface area contributed by atoms with Gasteiger partial charge in [-0.2, -0.15) is 4.98 Å². The van der Waals surface area contributed by atoms with Gasteiger partial charge in [0.25, 0.3) is 0 Å². The molecule has 5 nitrogen and oxygen atoms in total. The Bertz CT molecular complexity index is 577. The number of fused-ring (bicyclic) bond motifs is 1. The fourth-order valence-electron chi connectivity index (χ4n) is 2.44. The number of nitrogens with one attached hydrogen (secondary N) is 1. The molecule has 1 saturated heterocycles. The molecule has 3 heterocycles. The van der Waals surface area contributed by atoms with E-state index in [-0.39, 0.29) is 0 Å². The third kappa shape index (κ3) is 1.91. The van der Waals surface area contributed by atoms with Gasteiger partial charge >= 0.3 is 0 Å². The molecule has 2 aromatic rings. The van der Waals surface area contributed by atoms with E-state index in [0.717, 1.165) is 29.1 Å². The molecule has 3 N–H and O–H groups in total. The lowest BCUT2D eigenvalue weighted by Crippen LogP contribution is -2.24. The van der Waals surface area contributed by atoms with Crippen LogP contribution in [0.25, 0.3) is 10.2 Å². The second-order valence-electron chi connectivity index (χ2n) is 5.49. The summed E-state index contributed by atoms with van der Waals surface area (Å²) in [5, 5.41) is 3.17. The fourth-order valence-corrected chi connectivity index (χ4v) is 3.20. The van der Waals surface area contributed by atoms with Gasteiger partial charge in [0.05, 0.1) is 5.39 Å². The van der Waals surface area contributed by atoms with Gasteiger partial charge in [-0.15, -0.1) is 11.3 Å². The number of hydrogen-bond acceptors (Lipinski definition) is 6. The van der Waals surface area contributed by atoms with Crippen molar-refractivity contribution in [2.45, 2.75) is 20.3 Å². The SMILES string of the molecule is CC1(C)CCN(c2nc(NN)nc3sccc23)C1. The zero-order valence-corrected chi connectivity index (χ0v) is 11.4. The van der Waals surface area contributed by atoms with E-state index in [0.29, 0.717) is 11.4 Å². The Hall–Kier alpha value is -1.40. The van der Waals surface area contributed by atoms with Crippen LogP contribution in [0.4, 0.5) is 11.8 Å². The largest absolute Gasteiger partial charge is 0.355 e. The van der Waals surface area contributed by atoms with E-state index >= 15 is 0 Å².